The van der Waals surface area contributed by atoms with E-state index in [-0.39, 0.29) is 17.9 Å². The van der Waals surface area contributed by atoms with Crippen molar-refractivity contribution in [1.29, 1.82) is 0 Å². The van der Waals surface area contributed by atoms with Crippen LogP contribution in [-0.2, 0) is 9.59 Å². The summed E-state index contributed by atoms with van der Waals surface area (Å²) in [5, 5.41) is 12.7. The minimum Gasteiger partial charge on any atom is -0.507 e. The normalized spacial score (nSPS) is 18.5. The van der Waals surface area contributed by atoms with Gasteiger partial charge in [-0.2, -0.15) is 0 Å². The SMILES string of the molecule is CCN(CC)c1ccc(/C=C2\C(=O)NC(=O)N(CCC3=CCCCC3)C2=O)c(O)c1. The Labute approximate surface area is 177 Å². The molecule has 4 amide bonds. The molecule has 0 saturated carbocycles. The van der Waals surface area contributed by atoms with Crippen LogP contribution >= 0.6 is 0 Å². The molecule has 0 radical (unpaired) electrons. The zero-order chi connectivity index (χ0) is 21.7. The van der Waals surface area contributed by atoms with E-state index < -0.39 is 17.8 Å². The molecule has 0 atom stereocenters. The lowest BCUT2D eigenvalue weighted by molar-refractivity contribution is -0.130. The molecular weight excluding hydrogens is 382 g/mol. The van der Waals surface area contributed by atoms with Crippen molar-refractivity contribution < 1.29 is 19.5 Å². The minimum absolute atomic E-state index is 0.0247. The van der Waals surface area contributed by atoms with Crippen LogP contribution in [0, 0.1) is 0 Å². The molecule has 0 bridgehead atoms. The van der Waals surface area contributed by atoms with Crippen molar-refractivity contribution in [2.75, 3.05) is 24.5 Å². The molecule has 0 spiro atoms. The van der Waals surface area contributed by atoms with Crippen LogP contribution < -0.4 is 10.2 Å². The van der Waals surface area contributed by atoms with E-state index in [1.807, 2.05) is 19.9 Å². The van der Waals surface area contributed by atoms with E-state index in [1.54, 1.807) is 12.1 Å². The maximum Gasteiger partial charge on any atom is 0.331 e. The number of amides is 4. The average molecular weight is 412 g/mol. The third-order valence-electron chi connectivity index (χ3n) is 5.67. The van der Waals surface area contributed by atoms with Gasteiger partial charge in [0, 0.05) is 37.0 Å². The smallest absolute Gasteiger partial charge is 0.331 e. The highest BCUT2D eigenvalue weighted by Gasteiger charge is 2.35. The van der Waals surface area contributed by atoms with Crippen molar-refractivity contribution in [3.05, 3.63) is 41.0 Å². The average Bonchev–Trinajstić information content (AvgIpc) is 2.74. The van der Waals surface area contributed by atoms with Gasteiger partial charge in [0.2, 0.25) is 0 Å². The number of nitrogens with one attached hydrogen (secondary N) is 1. The highest BCUT2D eigenvalue weighted by Crippen LogP contribution is 2.28. The molecule has 0 aromatic heterocycles. The molecule has 1 saturated heterocycles. The fourth-order valence-electron chi connectivity index (χ4n) is 3.88. The lowest BCUT2D eigenvalue weighted by Crippen LogP contribution is -2.54. The van der Waals surface area contributed by atoms with E-state index in [0.717, 1.165) is 42.9 Å². The monoisotopic (exact) mass is 411 g/mol. The van der Waals surface area contributed by atoms with E-state index >= 15 is 0 Å². The number of barbiturate groups is 1. The Morgan fingerprint density at radius 2 is 1.93 bits per heavy atom. The van der Waals surface area contributed by atoms with Gasteiger partial charge in [0.25, 0.3) is 11.8 Å². The number of aromatic hydroxyl groups is 1. The van der Waals surface area contributed by atoms with E-state index in [1.165, 1.54) is 18.1 Å². The highest BCUT2D eigenvalue weighted by atomic mass is 16.3. The minimum atomic E-state index is -0.745. The van der Waals surface area contributed by atoms with Crippen molar-refractivity contribution in [3.8, 4) is 5.75 Å². The van der Waals surface area contributed by atoms with Crippen LogP contribution in [0.1, 0.15) is 51.5 Å². The Morgan fingerprint density at radius 1 is 1.17 bits per heavy atom. The van der Waals surface area contributed by atoms with Crippen molar-refractivity contribution in [2.24, 2.45) is 0 Å². The zero-order valence-corrected chi connectivity index (χ0v) is 17.6. The Morgan fingerprint density at radius 3 is 2.57 bits per heavy atom. The van der Waals surface area contributed by atoms with Crippen LogP contribution in [0.5, 0.6) is 5.75 Å². The van der Waals surface area contributed by atoms with Gasteiger partial charge in [-0.05, 0) is 64.2 Å². The summed E-state index contributed by atoms with van der Waals surface area (Å²) in [6, 6.07) is 4.43. The van der Waals surface area contributed by atoms with Crippen LogP contribution in [0.4, 0.5) is 10.5 Å². The molecule has 0 unspecified atom stereocenters. The predicted molar refractivity (Wildman–Crippen MR) is 116 cm³/mol. The molecular formula is C23H29N3O4. The molecule has 1 fully saturated rings. The number of nitrogens with zero attached hydrogens (tertiary/aromatic N) is 2. The lowest BCUT2D eigenvalue weighted by Gasteiger charge is -2.27. The number of hydrogen-bond donors (Lipinski definition) is 2. The number of benzene rings is 1. The zero-order valence-electron chi connectivity index (χ0n) is 17.6. The number of phenols is 1. The van der Waals surface area contributed by atoms with E-state index in [4.69, 9.17) is 0 Å². The standard InChI is InChI=1S/C23H29N3O4/c1-3-25(4-2)18-11-10-17(20(27)15-18)14-19-21(28)24-23(30)26(22(19)29)13-12-16-8-6-5-7-9-16/h8,10-11,14-15,27H,3-7,9,12-13H2,1-2H3,(H,24,28,30)/b19-14+. The molecule has 30 heavy (non-hydrogen) atoms. The van der Waals surface area contributed by atoms with Gasteiger partial charge in [-0.25, -0.2) is 4.79 Å². The number of hydrogen-bond acceptors (Lipinski definition) is 5. The van der Waals surface area contributed by atoms with Gasteiger partial charge in [0.05, 0.1) is 0 Å². The van der Waals surface area contributed by atoms with E-state index in [2.05, 4.69) is 16.3 Å². The second kappa shape index (κ2) is 9.61. The molecule has 7 nitrogen and oxygen atoms in total. The first-order valence-corrected chi connectivity index (χ1v) is 10.6. The molecule has 3 rings (SSSR count). The summed E-state index contributed by atoms with van der Waals surface area (Å²) >= 11 is 0. The molecule has 1 heterocycles. The molecule has 7 heteroatoms. The first kappa shape index (κ1) is 21.6. The highest BCUT2D eigenvalue weighted by molar-refractivity contribution is 6.31. The predicted octanol–water partition coefficient (Wildman–Crippen LogP) is 3.59. The van der Waals surface area contributed by atoms with Crippen molar-refractivity contribution >= 4 is 29.6 Å². The molecule has 2 N–H and O–H groups in total. The third-order valence-corrected chi connectivity index (χ3v) is 5.67. The summed E-state index contributed by atoms with van der Waals surface area (Å²) in [5.74, 6) is -1.40. The summed E-state index contributed by atoms with van der Waals surface area (Å²) in [5.41, 5.74) is 2.30. The molecule has 1 aliphatic carbocycles. The van der Waals surface area contributed by atoms with Crippen LogP contribution in [-0.4, -0.2) is 47.5 Å². The topological polar surface area (TPSA) is 90.0 Å². The van der Waals surface area contributed by atoms with Gasteiger partial charge in [0.15, 0.2) is 0 Å². The summed E-state index contributed by atoms with van der Waals surface area (Å²) in [4.78, 5) is 40.5. The Bertz CT molecular complexity index is 900. The van der Waals surface area contributed by atoms with E-state index in [9.17, 15) is 19.5 Å². The summed E-state index contributed by atoms with van der Waals surface area (Å²) in [7, 11) is 0. The largest absolute Gasteiger partial charge is 0.507 e. The molecule has 160 valence electrons. The van der Waals surface area contributed by atoms with Crippen LogP contribution in [0.25, 0.3) is 6.08 Å². The molecule has 1 aliphatic heterocycles. The fourth-order valence-corrected chi connectivity index (χ4v) is 3.88. The number of phenolic OH excluding ortho intramolecular Hbond substituents is 1. The fraction of sp³-hybridized carbons (Fsp3) is 0.435. The van der Waals surface area contributed by atoms with Gasteiger partial charge >= 0.3 is 6.03 Å². The second-order valence-electron chi connectivity index (χ2n) is 7.55. The maximum absolute atomic E-state index is 12.9. The molecule has 1 aromatic rings. The van der Waals surface area contributed by atoms with Crippen molar-refractivity contribution in [3.63, 3.8) is 0 Å². The number of allylic oxidation sites excluding steroid dienone is 1. The van der Waals surface area contributed by atoms with Gasteiger partial charge in [-0.3, -0.25) is 19.8 Å². The Kier molecular flexibility index (Phi) is 6.92. The van der Waals surface area contributed by atoms with Gasteiger partial charge in [-0.15, -0.1) is 0 Å². The third kappa shape index (κ3) is 4.72. The molecule has 1 aromatic carbocycles. The Balaban J connectivity index is 1.80. The number of urea groups is 1. The first-order chi connectivity index (χ1) is 14.4. The summed E-state index contributed by atoms with van der Waals surface area (Å²) in [6.45, 7) is 5.87. The number of carbonyl (C=O) groups excluding carboxylic acids is 3. The van der Waals surface area contributed by atoms with Crippen LogP contribution in [0.15, 0.2) is 35.4 Å². The number of rotatable bonds is 7. The van der Waals surface area contributed by atoms with Crippen molar-refractivity contribution in [2.45, 2.75) is 46.0 Å². The second-order valence-corrected chi connectivity index (χ2v) is 7.55. The number of imide groups is 2. The van der Waals surface area contributed by atoms with Crippen molar-refractivity contribution in [1.82, 2.24) is 10.2 Å². The van der Waals surface area contributed by atoms with Gasteiger partial charge in [0.1, 0.15) is 11.3 Å². The van der Waals surface area contributed by atoms with E-state index in [0.29, 0.717) is 12.0 Å². The van der Waals surface area contributed by atoms with Gasteiger partial charge < -0.3 is 10.0 Å². The first-order valence-electron chi connectivity index (χ1n) is 10.6. The summed E-state index contributed by atoms with van der Waals surface area (Å²) < 4.78 is 0. The lowest BCUT2D eigenvalue weighted by atomic mass is 9.97. The maximum atomic E-state index is 12.9. The number of anilines is 1. The quantitative estimate of drug-likeness (QED) is 0.407. The number of carbonyl (C=O) groups is 3. The molecule has 2 aliphatic rings. The van der Waals surface area contributed by atoms with Crippen LogP contribution in [0.2, 0.25) is 0 Å². The van der Waals surface area contributed by atoms with Gasteiger partial charge in [-0.1, -0.05) is 11.6 Å². The van der Waals surface area contributed by atoms with Crippen LogP contribution in [0.3, 0.4) is 0 Å². The summed E-state index contributed by atoms with van der Waals surface area (Å²) in [6.07, 6.45) is 8.44. The Hall–Kier alpha value is -3.09.